The third kappa shape index (κ3) is 56.1. The molecule has 0 N–H and O–H groups in total. The van der Waals surface area contributed by atoms with E-state index in [1.807, 2.05) is 0 Å². The smallest absolute Gasteiger partial charge is 0.306 e. The van der Waals surface area contributed by atoms with Crippen molar-refractivity contribution in [1.29, 1.82) is 0 Å². The van der Waals surface area contributed by atoms with Gasteiger partial charge < -0.3 is 14.2 Å². The van der Waals surface area contributed by atoms with Gasteiger partial charge in [0, 0.05) is 19.3 Å². The lowest BCUT2D eigenvalue weighted by Crippen LogP contribution is -2.30. The van der Waals surface area contributed by atoms with E-state index in [2.05, 4.69) is 34.6 Å². The Morgan fingerprint density at radius 3 is 0.722 bits per heavy atom. The lowest BCUT2D eigenvalue weighted by Gasteiger charge is -2.18. The van der Waals surface area contributed by atoms with Crippen molar-refractivity contribution in [2.75, 3.05) is 13.2 Å². The molecule has 0 amide bonds. The number of hydrogen-bond acceptors (Lipinski definition) is 6. The highest BCUT2D eigenvalue weighted by atomic mass is 16.6. The van der Waals surface area contributed by atoms with Crippen molar-refractivity contribution in [2.24, 2.45) is 11.8 Å². The molecule has 0 aromatic carbocycles. The van der Waals surface area contributed by atoms with Crippen molar-refractivity contribution in [3.05, 3.63) is 0 Å². The molecule has 0 saturated heterocycles. The number of carbonyl (C=O) groups excluding carboxylic acids is 3. The first-order valence-electron chi connectivity index (χ1n) is 32.8. The monoisotopic (exact) mass is 1020 g/mol. The van der Waals surface area contributed by atoms with E-state index in [-0.39, 0.29) is 31.1 Å². The van der Waals surface area contributed by atoms with Crippen LogP contribution in [0.4, 0.5) is 0 Å². The number of rotatable bonds is 60. The summed E-state index contributed by atoms with van der Waals surface area (Å²) in [5.74, 6) is 0.961. The summed E-state index contributed by atoms with van der Waals surface area (Å²) in [6.45, 7) is 11.5. The van der Waals surface area contributed by atoms with Crippen LogP contribution in [0, 0.1) is 11.8 Å². The summed E-state index contributed by atoms with van der Waals surface area (Å²) in [7, 11) is 0. The SMILES string of the molecule is CCCCCCCCCCCCCCCCCCCCC(=O)OC[C@@H](COC(=O)CCCCCCCCCCCCCCCCC(C)CC)OC(=O)CCCCCCCCCCCCCCCCC(C)CC. The van der Waals surface area contributed by atoms with Crippen molar-refractivity contribution < 1.29 is 28.6 Å². The molecule has 428 valence electrons. The summed E-state index contributed by atoms with van der Waals surface area (Å²) in [5, 5.41) is 0. The third-order valence-corrected chi connectivity index (χ3v) is 15.9. The summed E-state index contributed by atoms with van der Waals surface area (Å²) in [6.07, 6.45) is 65.2. The topological polar surface area (TPSA) is 78.9 Å². The van der Waals surface area contributed by atoms with Crippen LogP contribution in [-0.2, 0) is 28.6 Å². The first-order valence-corrected chi connectivity index (χ1v) is 32.8. The lowest BCUT2D eigenvalue weighted by molar-refractivity contribution is -0.167. The van der Waals surface area contributed by atoms with E-state index in [9.17, 15) is 14.4 Å². The van der Waals surface area contributed by atoms with Gasteiger partial charge in [-0.2, -0.15) is 0 Å². The van der Waals surface area contributed by atoms with Gasteiger partial charge in [0.15, 0.2) is 6.10 Å². The van der Waals surface area contributed by atoms with Crippen LogP contribution in [0.2, 0.25) is 0 Å². The van der Waals surface area contributed by atoms with Gasteiger partial charge in [0.25, 0.3) is 0 Å². The molecule has 0 saturated carbocycles. The van der Waals surface area contributed by atoms with E-state index in [0.29, 0.717) is 19.3 Å². The Morgan fingerprint density at radius 2 is 0.486 bits per heavy atom. The molecule has 2 unspecified atom stereocenters. The van der Waals surface area contributed by atoms with Crippen LogP contribution in [0.15, 0.2) is 0 Å². The van der Waals surface area contributed by atoms with E-state index in [1.165, 1.54) is 263 Å². The van der Waals surface area contributed by atoms with E-state index < -0.39 is 6.10 Å². The Morgan fingerprint density at radius 1 is 0.278 bits per heavy atom. The summed E-state index contributed by atoms with van der Waals surface area (Å²) in [5.41, 5.74) is 0. The number of esters is 3. The molecule has 0 aromatic rings. The molecular weight excluding hydrogens is 889 g/mol. The van der Waals surface area contributed by atoms with E-state index in [4.69, 9.17) is 14.2 Å². The molecule has 6 heteroatoms. The summed E-state index contributed by atoms with van der Waals surface area (Å²) < 4.78 is 17.0. The minimum Gasteiger partial charge on any atom is -0.462 e. The zero-order valence-corrected chi connectivity index (χ0v) is 49.6. The Bertz CT molecular complexity index is 1110. The fourth-order valence-electron chi connectivity index (χ4n) is 10.2. The fourth-order valence-corrected chi connectivity index (χ4v) is 10.2. The van der Waals surface area contributed by atoms with Crippen molar-refractivity contribution in [3.8, 4) is 0 Å². The second-order valence-corrected chi connectivity index (χ2v) is 23.2. The first kappa shape index (κ1) is 70.4. The molecule has 6 nitrogen and oxygen atoms in total. The highest BCUT2D eigenvalue weighted by molar-refractivity contribution is 5.71. The molecule has 0 rings (SSSR count). The second-order valence-electron chi connectivity index (χ2n) is 23.2. The van der Waals surface area contributed by atoms with Crippen LogP contribution in [0.25, 0.3) is 0 Å². The van der Waals surface area contributed by atoms with Gasteiger partial charge in [-0.1, -0.05) is 336 Å². The minimum atomic E-state index is -0.764. The van der Waals surface area contributed by atoms with Crippen LogP contribution >= 0.6 is 0 Å². The molecule has 0 bridgehead atoms. The van der Waals surface area contributed by atoms with Crippen molar-refractivity contribution in [3.63, 3.8) is 0 Å². The minimum absolute atomic E-state index is 0.0617. The standard InChI is InChI=1S/C66H128O6/c1-6-9-10-11-12-13-14-15-16-17-18-19-26-31-36-41-46-51-56-64(67)70-59-63(72-66(69)58-53-48-43-38-33-28-23-21-25-30-35-40-45-50-55-62(5)8-3)60-71-65(68)57-52-47-42-37-32-27-22-20-24-29-34-39-44-49-54-61(4)7-2/h61-63H,6-60H2,1-5H3/t61?,62?,63-/m0/s1. The van der Waals surface area contributed by atoms with Crippen LogP contribution < -0.4 is 0 Å². The normalized spacial score (nSPS) is 12.8. The van der Waals surface area contributed by atoms with Gasteiger partial charge in [-0.05, 0) is 31.1 Å². The summed E-state index contributed by atoms with van der Waals surface area (Å²) in [6, 6.07) is 0. The molecule has 0 heterocycles. The highest BCUT2D eigenvalue weighted by Crippen LogP contribution is 2.20. The number of carbonyl (C=O) groups is 3. The van der Waals surface area contributed by atoms with Gasteiger partial charge in [0.1, 0.15) is 13.2 Å². The van der Waals surface area contributed by atoms with Gasteiger partial charge in [-0.15, -0.1) is 0 Å². The molecule has 0 radical (unpaired) electrons. The Balaban J connectivity index is 4.30. The van der Waals surface area contributed by atoms with Gasteiger partial charge in [-0.25, -0.2) is 0 Å². The number of hydrogen-bond donors (Lipinski definition) is 0. The van der Waals surface area contributed by atoms with Gasteiger partial charge in [0.2, 0.25) is 0 Å². The molecule has 72 heavy (non-hydrogen) atoms. The van der Waals surface area contributed by atoms with Crippen LogP contribution in [-0.4, -0.2) is 37.2 Å². The Labute approximate surface area is 450 Å². The zero-order chi connectivity index (χ0) is 52.5. The summed E-state index contributed by atoms with van der Waals surface area (Å²) in [4.78, 5) is 38.4. The highest BCUT2D eigenvalue weighted by Gasteiger charge is 2.19. The summed E-state index contributed by atoms with van der Waals surface area (Å²) >= 11 is 0. The van der Waals surface area contributed by atoms with Gasteiger partial charge in [0.05, 0.1) is 0 Å². The quantitative estimate of drug-likeness (QED) is 0.0343. The maximum atomic E-state index is 12.9. The molecule has 0 fully saturated rings. The predicted molar refractivity (Wildman–Crippen MR) is 312 cm³/mol. The van der Waals surface area contributed by atoms with Gasteiger partial charge >= 0.3 is 17.9 Å². The Hall–Kier alpha value is -1.59. The maximum Gasteiger partial charge on any atom is 0.306 e. The molecule has 0 spiro atoms. The van der Waals surface area contributed by atoms with E-state index in [0.717, 1.165) is 69.6 Å². The molecule has 0 aromatic heterocycles. The maximum absolute atomic E-state index is 12.9. The average molecular weight is 1020 g/mol. The van der Waals surface area contributed by atoms with Crippen LogP contribution in [0.5, 0.6) is 0 Å². The van der Waals surface area contributed by atoms with E-state index in [1.54, 1.807) is 0 Å². The molecule has 0 aliphatic carbocycles. The van der Waals surface area contributed by atoms with Crippen molar-refractivity contribution in [1.82, 2.24) is 0 Å². The molecule has 3 atom stereocenters. The molecule has 0 aliphatic heterocycles. The Kier molecular flexibility index (Phi) is 57.4. The second kappa shape index (κ2) is 58.7. The number of ether oxygens (including phenoxy) is 3. The fraction of sp³-hybridized carbons (Fsp3) is 0.955. The predicted octanol–water partition coefficient (Wildman–Crippen LogP) is 22.0. The largest absolute Gasteiger partial charge is 0.462 e. The average Bonchev–Trinajstić information content (AvgIpc) is 3.38. The molecular formula is C66H128O6. The molecule has 0 aliphatic rings. The zero-order valence-electron chi connectivity index (χ0n) is 49.6. The lowest BCUT2D eigenvalue weighted by atomic mass is 9.99. The van der Waals surface area contributed by atoms with Crippen LogP contribution in [0.3, 0.4) is 0 Å². The third-order valence-electron chi connectivity index (χ3n) is 15.9. The van der Waals surface area contributed by atoms with E-state index >= 15 is 0 Å². The number of unbranched alkanes of at least 4 members (excludes halogenated alkanes) is 43. The van der Waals surface area contributed by atoms with Crippen molar-refractivity contribution in [2.45, 2.75) is 381 Å². The van der Waals surface area contributed by atoms with Crippen molar-refractivity contribution >= 4 is 17.9 Å². The first-order chi connectivity index (χ1) is 35.3. The van der Waals surface area contributed by atoms with Gasteiger partial charge in [-0.3, -0.25) is 14.4 Å². The van der Waals surface area contributed by atoms with Crippen LogP contribution in [0.1, 0.15) is 375 Å².